The first-order valence-electron chi connectivity index (χ1n) is 11.0. The van der Waals surface area contributed by atoms with Crippen LogP contribution in [-0.4, -0.2) is 18.4 Å². The van der Waals surface area contributed by atoms with E-state index in [0.717, 1.165) is 19.3 Å². The Balaban J connectivity index is 1.64. The van der Waals surface area contributed by atoms with Gasteiger partial charge in [0.2, 0.25) is 5.91 Å². The van der Waals surface area contributed by atoms with E-state index in [1.54, 1.807) is 0 Å². The smallest absolute Gasteiger partial charge is 0.250 e. The first kappa shape index (κ1) is 19.7. The zero-order valence-corrected chi connectivity index (χ0v) is 17.9. The highest BCUT2D eigenvalue weighted by Crippen LogP contribution is 2.74. The maximum Gasteiger partial charge on any atom is 0.250 e. The van der Waals surface area contributed by atoms with E-state index in [9.17, 15) is 9.59 Å². The summed E-state index contributed by atoms with van der Waals surface area (Å²) in [5, 5.41) is 2.98. The number of hydrogen-bond acceptors (Lipinski definition) is 2. The Morgan fingerprint density at radius 1 is 1.14 bits per heavy atom. The van der Waals surface area contributed by atoms with Crippen molar-refractivity contribution in [3.63, 3.8) is 0 Å². The fourth-order valence-corrected chi connectivity index (χ4v) is 7.99. The van der Waals surface area contributed by atoms with Crippen LogP contribution in [0.5, 0.6) is 0 Å². The lowest BCUT2D eigenvalue weighted by atomic mass is 9.35. The second kappa shape index (κ2) is 6.21. The van der Waals surface area contributed by atoms with Crippen LogP contribution in [0.1, 0.15) is 72.6 Å². The highest BCUT2D eigenvalue weighted by molar-refractivity contribution is 5.97. The minimum Gasteiger partial charge on any atom is -0.369 e. The average Bonchev–Trinajstić information content (AvgIpc) is 2.56. The molecule has 2 amide bonds. The van der Waals surface area contributed by atoms with E-state index < -0.39 is 5.41 Å². The Bertz CT molecular complexity index is 747. The molecular formula is C24H36N2O2. The molecule has 0 spiro atoms. The summed E-state index contributed by atoms with van der Waals surface area (Å²) in [7, 11) is 0. The zero-order chi connectivity index (χ0) is 20.4. The van der Waals surface area contributed by atoms with E-state index in [-0.39, 0.29) is 17.2 Å². The summed E-state index contributed by atoms with van der Waals surface area (Å²) in [6, 6.07) is 0. The van der Waals surface area contributed by atoms with Gasteiger partial charge in [0, 0.05) is 12.1 Å². The molecule has 5 atom stereocenters. The van der Waals surface area contributed by atoms with Crippen LogP contribution in [-0.2, 0) is 9.59 Å². The molecular weight excluding hydrogens is 348 g/mol. The van der Waals surface area contributed by atoms with Crippen molar-refractivity contribution < 1.29 is 9.59 Å². The van der Waals surface area contributed by atoms with E-state index in [4.69, 9.17) is 5.73 Å². The minimum atomic E-state index is -0.656. The molecule has 154 valence electrons. The highest BCUT2D eigenvalue weighted by atomic mass is 16.2. The highest BCUT2D eigenvalue weighted by Gasteiger charge is 2.67. The quantitative estimate of drug-likeness (QED) is 0.748. The summed E-state index contributed by atoms with van der Waals surface area (Å²) in [5.74, 6) is 0.856. The fraction of sp³-hybridized carbons (Fsp3) is 0.750. The third kappa shape index (κ3) is 2.95. The van der Waals surface area contributed by atoms with E-state index in [1.807, 2.05) is 18.2 Å². The van der Waals surface area contributed by atoms with Crippen molar-refractivity contribution in [3.8, 4) is 0 Å². The van der Waals surface area contributed by atoms with Gasteiger partial charge in [0.1, 0.15) is 0 Å². The average molecular weight is 385 g/mol. The molecule has 4 heteroatoms. The molecule has 4 bridgehead atoms. The third-order valence-electron chi connectivity index (χ3n) is 8.14. The van der Waals surface area contributed by atoms with E-state index in [2.05, 4.69) is 33.0 Å². The van der Waals surface area contributed by atoms with Crippen LogP contribution in [0.4, 0.5) is 0 Å². The first-order chi connectivity index (χ1) is 13.0. The molecule has 5 aliphatic carbocycles. The van der Waals surface area contributed by atoms with Gasteiger partial charge in [0.05, 0.1) is 5.41 Å². The van der Waals surface area contributed by atoms with Crippen LogP contribution in [0.15, 0.2) is 23.8 Å². The summed E-state index contributed by atoms with van der Waals surface area (Å²) in [6.45, 7) is 9.67. The van der Waals surface area contributed by atoms with Gasteiger partial charge in [0.25, 0.3) is 5.91 Å². The molecule has 5 rings (SSSR count). The molecule has 0 radical (unpaired) electrons. The molecule has 3 unspecified atom stereocenters. The number of amides is 2. The van der Waals surface area contributed by atoms with Crippen molar-refractivity contribution in [1.29, 1.82) is 0 Å². The van der Waals surface area contributed by atoms with Crippen LogP contribution >= 0.6 is 0 Å². The fourth-order valence-electron chi connectivity index (χ4n) is 7.99. The lowest BCUT2D eigenvalue weighted by Crippen LogP contribution is -2.63. The van der Waals surface area contributed by atoms with Gasteiger partial charge in [-0.25, -0.2) is 0 Å². The van der Waals surface area contributed by atoms with E-state index >= 15 is 0 Å². The van der Waals surface area contributed by atoms with Gasteiger partial charge >= 0.3 is 0 Å². The standard InChI is InChI=1S/C24H36N2O2/c1-16(2)12-26-19(27)18-5-7-24(8-6-18,20(25)28)23-11-17-9-21(3,14-23)13-22(4,10-17)15-23/h5-7,16-17H,8-15H2,1-4H3,(H2,25,28)(H,26,27)/t17?,21-,22+,23?,24?. The Morgan fingerprint density at radius 2 is 1.79 bits per heavy atom. The van der Waals surface area contributed by atoms with Crippen molar-refractivity contribution >= 4 is 11.8 Å². The maximum absolute atomic E-state index is 12.9. The lowest BCUT2D eigenvalue weighted by Gasteiger charge is -2.69. The summed E-state index contributed by atoms with van der Waals surface area (Å²) in [4.78, 5) is 25.4. The number of nitrogens with two attached hydrogens (primary N) is 1. The molecule has 4 nitrogen and oxygen atoms in total. The van der Waals surface area contributed by atoms with Crippen LogP contribution in [0.3, 0.4) is 0 Å². The molecule has 3 N–H and O–H groups in total. The number of carbonyl (C=O) groups is 2. The number of allylic oxidation sites excluding steroid dienone is 1. The van der Waals surface area contributed by atoms with E-state index in [0.29, 0.717) is 41.2 Å². The summed E-state index contributed by atoms with van der Waals surface area (Å²) in [6.07, 6.45) is 13.5. The van der Waals surface area contributed by atoms with E-state index in [1.165, 1.54) is 19.3 Å². The Kier molecular flexibility index (Phi) is 4.37. The Labute approximate surface area is 169 Å². The second-order valence-corrected chi connectivity index (χ2v) is 11.5. The molecule has 4 fully saturated rings. The topological polar surface area (TPSA) is 72.2 Å². The molecule has 0 aromatic rings. The molecule has 0 aromatic heterocycles. The SMILES string of the molecule is CC(C)CNC(=O)C1=CCC(C(N)=O)(C23CC4C[C@@](C)(C2)C[C@](C)(C4)C3)C=C1. The summed E-state index contributed by atoms with van der Waals surface area (Å²) < 4.78 is 0. The van der Waals surface area contributed by atoms with Gasteiger partial charge in [-0.2, -0.15) is 0 Å². The number of carbonyl (C=O) groups excluding carboxylic acids is 2. The van der Waals surface area contributed by atoms with Gasteiger partial charge in [-0.05, 0) is 73.0 Å². The zero-order valence-electron chi connectivity index (χ0n) is 17.9. The van der Waals surface area contributed by atoms with Crippen molar-refractivity contribution in [1.82, 2.24) is 5.32 Å². The molecule has 0 saturated heterocycles. The van der Waals surface area contributed by atoms with Crippen molar-refractivity contribution in [2.24, 2.45) is 39.2 Å². The third-order valence-corrected chi connectivity index (χ3v) is 8.14. The van der Waals surface area contributed by atoms with Crippen molar-refractivity contribution in [2.45, 2.75) is 72.6 Å². The molecule has 0 heterocycles. The van der Waals surface area contributed by atoms with Gasteiger partial charge in [-0.15, -0.1) is 0 Å². The second-order valence-electron chi connectivity index (χ2n) is 11.5. The summed E-state index contributed by atoms with van der Waals surface area (Å²) >= 11 is 0. The predicted octanol–water partition coefficient (Wildman–Crippen LogP) is 4.11. The predicted molar refractivity (Wildman–Crippen MR) is 111 cm³/mol. The molecule has 0 aliphatic heterocycles. The monoisotopic (exact) mass is 384 g/mol. The number of primary amides is 1. The van der Waals surface area contributed by atoms with Crippen LogP contribution in [0, 0.1) is 33.5 Å². The lowest BCUT2D eigenvalue weighted by molar-refractivity contribution is -0.188. The Morgan fingerprint density at radius 3 is 2.25 bits per heavy atom. The Hall–Kier alpha value is -1.58. The molecule has 4 saturated carbocycles. The van der Waals surface area contributed by atoms with Gasteiger partial charge < -0.3 is 11.1 Å². The van der Waals surface area contributed by atoms with Crippen molar-refractivity contribution in [2.75, 3.05) is 6.54 Å². The summed E-state index contributed by atoms with van der Waals surface area (Å²) in [5.41, 5.74) is 6.70. The van der Waals surface area contributed by atoms with Crippen LogP contribution in [0.2, 0.25) is 0 Å². The first-order valence-corrected chi connectivity index (χ1v) is 11.0. The molecule has 5 aliphatic rings. The van der Waals surface area contributed by atoms with Gasteiger partial charge in [-0.3, -0.25) is 9.59 Å². The molecule has 0 aromatic carbocycles. The number of hydrogen-bond donors (Lipinski definition) is 2. The normalized spacial score (nSPS) is 43.9. The largest absolute Gasteiger partial charge is 0.369 e. The maximum atomic E-state index is 12.9. The van der Waals surface area contributed by atoms with Crippen molar-refractivity contribution in [3.05, 3.63) is 23.8 Å². The van der Waals surface area contributed by atoms with Gasteiger partial charge in [0.15, 0.2) is 0 Å². The number of nitrogens with one attached hydrogen (secondary N) is 1. The van der Waals surface area contributed by atoms with Gasteiger partial charge in [-0.1, -0.05) is 45.9 Å². The van der Waals surface area contributed by atoms with Crippen LogP contribution in [0.25, 0.3) is 0 Å². The number of rotatable bonds is 5. The minimum absolute atomic E-state index is 0.0487. The van der Waals surface area contributed by atoms with Crippen LogP contribution < -0.4 is 11.1 Å². The molecule has 28 heavy (non-hydrogen) atoms.